The minimum absolute atomic E-state index is 0.156. The van der Waals surface area contributed by atoms with E-state index in [2.05, 4.69) is 5.10 Å². The monoisotopic (exact) mass is 298 g/mol. The van der Waals surface area contributed by atoms with Crippen LogP contribution in [0.15, 0.2) is 30.6 Å². The number of amidine groups is 1. The first kappa shape index (κ1) is 14.9. The number of hydrogen-bond donors (Lipinski definition) is 2. The third-order valence-corrected chi connectivity index (χ3v) is 2.76. The smallest absolute Gasteiger partial charge is 0.417 e. The standard InChI is InChI=1S/C13H13F3N4O/c1-2-20-7-9(6-19-20)21-8-3-4-11(13(14,15)16)10(5-8)12(17)18/h3-7H,2H2,1H3,(H3,17,18). The number of alkyl halides is 3. The van der Waals surface area contributed by atoms with Crippen molar-refractivity contribution in [3.05, 3.63) is 41.7 Å². The number of aromatic nitrogens is 2. The summed E-state index contributed by atoms with van der Waals surface area (Å²) in [5.74, 6) is -0.119. The molecule has 2 aromatic rings. The highest BCUT2D eigenvalue weighted by atomic mass is 19.4. The van der Waals surface area contributed by atoms with E-state index in [1.165, 1.54) is 12.3 Å². The molecule has 0 saturated carbocycles. The summed E-state index contributed by atoms with van der Waals surface area (Å²) in [6.45, 7) is 2.54. The van der Waals surface area contributed by atoms with Crippen molar-refractivity contribution in [2.45, 2.75) is 19.6 Å². The summed E-state index contributed by atoms with van der Waals surface area (Å²) < 4.78 is 45.5. The minimum Gasteiger partial charge on any atom is -0.454 e. The second-order valence-electron chi connectivity index (χ2n) is 4.25. The molecule has 0 aliphatic heterocycles. The summed E-state index contributed by atoms with van der Waals surface area (Å²) in [4.78, 5) is 0. The number of ether oxygens (including phenoxy) is 1. The van der Waals surface area contributed by atoms with Crippen molar-refractivity contribution in [3.8, 4) is 11.5 Å². The zero-order valence-corrected chi connectivity index (χ0v) is 11.1. The lowest BCUT2D eigenvalue weighted by molar-refractivity contribution is -0.137. The van der Waals surface area contributed by atoms with Gasteiger partial charge in [0.1, 0.15) is 11.6 Å². The minimum atomic E-state index is -4.58. The van der Waals surface area contributed by atoms with Gasteiger partial charge < -0.3 is 10.5 Å². The molecule has 1 aromatic heterocycles. The van der Waals surface area contributed by atoms with Gasteiger partial charge in [0.25, 0.3) is 0 Å². The van der Waals surface area contributed by atoms with Gasteiger partial charge in [-0.2, -0.15) is 18.3 Å². The van der Waals surface area contributed by atoms with E-state index in [-0.39, 0.29) is 5.75 Å². The highest BCUT2D eigenvalue weighted by Gasteiger charge is 2.34. The molecular weight excluding hydrogens is 285 g/mol. The third kappa shape index (κ3) is 3.33. The number of benzene rings is 1. The third-order valence-electron chi connectivity index (χ3n) is 2.76. The van der Waals surface area contributed by atoms with Gasteiger partial charge in [0, 0.05) is 12.1 Å². The number of nitrogens with zero attached hydrogens (tertiary/aromatic N) is 2. The lowest BCUT2D eigenvalue weighted by Crippen LogP contribution is -2.18. The second kappa shape index (κ2) is 5.47. The maximum atomic E-state index is 12.8. The molecule has 0 bridgehead atoms. The molecule has 0 radical (unpaired) electrons. The van der Waals surface area contributed by atoms with E-state index in [1.54, 1.807) is 10.9 Å². The predicted molar refractivity (Wildman–Crippen MR) is 70.4 cm³/mol. The molecule has 112 valence electrons. The number of nitrogen functional groups attached to an aromatic ring is 1. The molecule has 1 heterocycles. The number of rotatable bonds is 4. The number of hydrogen-bond acceptors (Lipinski definition) is 3. The first-order valence-electron chi connectivity index (χ1n) is 6.07. The Hall–Kier alpha value is -2.51. The van der Waals surface area contributed by atoms with Crippen LogP contribution in [-0.4, -0.2) is 15.6 Å². The first-order valence-corrected chi connectivity index (χ1v) is 6.07. The van der Waals surface area contributed by atoms with Crippen molar-refractivity contribution in [1.82, 2.24) is 9.78 Å². The zero-order chi connectivity index (χ0) is 15.6. The summed E-state index contributed by atoms with van der Waals surface area (Å²) in [5.41, 5.74) is 3.83. The number of halogens is 3. The van der Waals surface area contributed by atoms with Gasteiger partial charge in [0.05, 0.1) is 18.0 Å². The molecule has 1 aromatic carbocycles. The van der Waals surface area contributed by atoms with Crippen LogP contribution in [0.1, 0.15) is 18.1 Å². The predicted octanol–water partition coefficient (Wildman–Crippen LogP) is 3.00. The molecule has 0 unspecified atom stereocenters. The van der Waals surface area contributed by atoms with Gasteiger partial charge in [-0.05, 0) is 25.1 Å². The lowest BCUT2D eigenvalue weighted by atomic mass is 10.1. The number of nitrogens with one attached hydrogen (secondary N) is 1. The molecule has 0 spiro atoms. The van der Waals surface area contributed by atoms with Crippen LogP contribution < -0.4 is 10.5 Å². The molecule has 5 nitrogen and oxygen atoms in total. The van der Waals surface area contributed by atoms with Crippen molar-refractivity contribution >= 4 is 5.84 Å². The summed E-state index contributed by atoms with van der Waals surface area (Å²) in [6.07, 6.45) is -1.51. The average molecular weight is 298 g/mol. The van der Waals surface area contributed by atoms with Crippen LogP contribution in [0, 0.1) is 5.41 Å². The lowest BCUT2D eigenvalue weighted by Gasteiger charge is -2.13. The topological polar surface area (TPSA) is 76.9 Å². The summed E-state index contributed by atoms with van der Waals surface area (Å²) in [5, 5.41) is 11.3. The average Bonchev–Trinajstić information content (AvgIpc) is 2.85. The Balaban J connectivity index is 2.34. The largest absolute Gasteiger partial charge is 0.454 e. The van der Waals surface area contributed by atoms with Crippen LogP contribution in [0.3, 0.4) is 0 Å². The zero-order valence-electron chi connectivity index (χ0n) is 11.1. The van der Waals surface area contributed by atoms with Gasteiger partial charge >= 0.3 is 6.18 Å². The molecule has 0 atom stereocenters. The second-order valence-corrected chi connectivity index (χ2v) is 4.25. The van der Waals surface area contributed by atoms with Gasteiger partial charge in [-0.15, -0.1) is 0 Å². The molecule has 0 saturated heterocycles. The quantitative estimate of drug-likeness (QED) is 0.673. The van der Waals surface area contributed by atoms with Gasteiger partial charge in [-0.3, -0.25) is 10.1 Å². The Labute approximate surface area is 118 Å². The SMILES string of the molecule is CCn1cc(Oc2ccc(C(F)(F)F)c(C(=N)N)c2)cn1. The van der Waals surface area contributed by atoms with Crippen molar-refractivity contribution in [2.75, 3.05) is 0 Å². The van der Waals surface area contributed by atoms with Gasteiger partial charge in [-0.25, -0.2) is 0 Å². The van der Waals surface area contributed by atoms with Gasteiger partial charge in [0.2, 0.25) is 0 Å². The van der Waals surface area contributed by atoms with E-state index in [0.29, 0.717) is 12.3 Å². The molecular formula is C13H13F3N4O. The molecule has 0 fully saturated rings. The highest BCUT2D eigenvalue weighted by molar-refractivity contribution is 5.97. The molecule has 3 N–H and O–H groups in total. The fourth-order valence-electron chi connectivity index (χ4n) is 1.76. The van der Waals surface area contributed by atoms with Crippen molar-refractivity contribution in [1.29, 1.82) is 5.41 Å². The van der Waals surface area contributed by atoms with Crippen LogP contribution in [0.4, 0.5) is 13.2 Å². The maximum absolute atomic E-state index is 12.8. The number of nitrogens with two attached hydrogens (primary N) is 1. The summed E-state index contributed by atoms with van der Waals surface area (Å²) in [7, 11) is 0. The molecule has 0 aliphatic rings. The highest BCUT2D eigenvalue weighted by Crippen LogP contribution is 2.34. The van der Waals surface area contributed by atoms with Crippen molar-refractivity contribution < 1.29 is 17.9 Å². The van der Waals surface area contributed by atoms with Crippen molar-refractivity contribution in [2.24, 2.45) is 5.73 Å². The maximum Gasteiger partial charge on any atom is 0.417 e. The molecule has 0 amide bonds. The van der Waals surface area contributed by atoms with Gasteiger partial charge in [0.15, 0.2) is 5.75 Å². The number of aryl methyl sites for hydroxylation is 1. The van der Waals surface area contributed by atoms with E-state index in [1.807, 2.05) is 6.92 Å². The van der Waals surface area contributed by atoms with Crippen LogP contribution in [0.5, 0.6) is 11.5 Å². The van der Waals surface area contributed by atoms with Crippen LogP contribution in [0.25, 0.3) is 0 Å². The molecule has 0 aliphatic carbocycles. The Morgan fingerprint density at radius 1 is 1.38 bits per heavy atom. The van der Waals surface area contributed by atoms with Crippen LogP contribution in [0.2, 0.25) is 0 Å². The fraction of sp³-hybridized carbons (Fsp3) is 0.231. The Morgan fingerprint density at radius 3 is 2.62 bits per heavy atom. The Kier molecular flexibility index (Phi) is 3.88. The van der Waals surface area contributed by atoms with E-state index < -0.39 is 23.1 Å². The van der Waals surface area contributed by atoms with Crippen LogP contribution >= 0.6 is 0 Å². The van der Waals surface area contributed by atoms with E-state index in [0.717, 1.165) is 12.1 Å². The fourth-order valence-corrected chi connectivity index (χ4v) is 1.76. The van der Waals surface area contributed by atoms with E-state index in [4.69, 9.17) is 15.9 Å². The van der Waals surface area contributed by atoms with E-state index >= 15 is 0 Å². The summed E-state index contributed by atoms with van der Waals surface area (Å²) in [6, 6.07) is 3.11. The van der Waals surface area contributed by atoms with E-state index in [9.17, 15) is 13.2 Å². The summed E-state index contributed by atoms with van der Waals surface area (Å²) >= 11 is 0. The molecule has 21 heavy (non-hydrogen) atoms. The molecule has 2 rings (SSSR count). The normalized spacial score (nSPS) is 11.4. The van der Waals surface area contributed by atoms with Gasteiger partial charge in [-0.1, -0.05) is 0 Å². The Bertz CT molecular complexity index is 664. The Morgan fingerprint density at radius 2 is 2.10 bits per heavy atom. The van der Waals surface area contributed by atoms with Crippen LogP contribution in [-0.2, 0) is 12.7 Å². The molecule has 8 heteroatoms. The first-order chi connectivity index (χ1) is 9.81. The van der Waals surface area contributed by atoms with Crippen molar-refractivity contribution in [3.63, 3.8) is 0 Å².